The zero-order valence-corrected chi connectivity index (χ0v) is 18.3. The molecule has 0 spiro atoms. The molecule has 0 bridgehead atoms. The van der Waals surface area contributed by atoms with E-state index in [0.29, 0.717) is 16.6 Å². The monoisotopic (exact) mass is 476 g/mol. The number of nitrogens with zero attached hydrogens (tertiary/aromatic N) is 3. The maximum atomic E-state index is 12.8. The van der Waals surface area contributed by atoms with Crippen LogP contribution in [0.25, 0.3) is 11.1 Å². The van der Waals surface area contributed by atoms with E-state index in [1.165, 1.54) is 24.5 Å². The van der Waals surface area contributed by atoms with Crippen molar-refractivity contribution in [2.45, 2.75) is 19.7 Å². The van der Waals surface area contributed by atoms with Gasteiger partial charge >= 0.3 is 6.36 Å². The summed E-state index contributed by atoms with van der Waals surface area (Å²) in [4.78, 5) is 23.7. The Morgan fingerprint density at radius 2 is 1.94 bits per heavy atom. The van der Waals surface area contributed by atoms with Gasteiger partial charge < -0.3 is 15.0 Å². The summed E-state index contributed by atoms with van der Waals surface area (Å²) in [5.74, 6) is 0.449. The van der Waals surface area contributed by atoms with Crippen LogP contribution in [0.15, 0.2) is 55.0 Å². The summed E-state index contributed by atoms with van der Waals surface area (Å²) in [6, 6.07) is 8.39. The van der Waals surface area contributed by atoms with Gasteiger partial charge in [-0.15, -0.1) is 13.2 Å². The summed E-state index contributed by atoms with van der Waals surface area (Å²) in [7, 11) is 0. The van der Waals surface area contributed by atoms with Gasteiger partial charge in [0.05, 0.1) is 10.6 Å². The predicted octanol–water partition coefficient (Wildman–Crippen LogP) is 5.79. The number of hydrogen-bond donors (Lipinski definition) is 1. The van der Waals surface area contributed by atoms with Crippen molar-refractivity contribution in [3.05, 3.63) is 65.6 Å². The molecule has 1 aliphatic rings. The van der Waals surface area contributed by atoms with E-state index >= 15 is 0 Å². The van der Waals surface area contributed by atoms with Crippen molar-refractivity contribution in [1.29, 1.82) is 0 Å². The lowest BCUT2D eigenvalue weighted by atomic mass is 10.1. The molecule has 0 unspecified atom stereocenters. The van der Waals surface area contributed by atoms with E-state index in [9.17, 15) is 18.0 Å². The summed E-state index contributed by atoms with van der Waals surface area (Å²) < 4.78 is 40.8. The first-order valence-corrected chi connectivity index (χ1v) is 10.6. The number of hydrogen-bond acceptors (Lipinski definition) is 5. The Labute approximate surface area is 193 Å². The number of nitrogens with one attached hydrogen (secondary N) is 1. The highest BCUT2D eigenvalue weighted by molar-refractivity contribution is 6.30. The minimum absolute atomic E-state index is 0.289. The molecule has 33 heavy (non-hydrogen) atoms. The van der Waals surface area contributed by atoms with E-state index in [1.54, 1.807) is 18.3 Å². The van der Waals surface area contributed by atoms with Gasteiger partial charge in [0.2, 0.25) is 0 Å². The minimum atomic E-state index is -4.78. The Bertz CT molecular complexity index is 1160. The number of rotatable bonds is 5. The molecule has 0 aliphatic carbocycles. The van der Waals surface area contributed by atoms with Crippen LogP contribution >= 0.6 is 11.6 Å². The molecule has 1 N–H and O–H groups in total. The number of alkyl halides is 3. The van der Waals surface area contributed by atoms with Crippen LogP contribution in [0.2, 0.25) is 5.02 Å². The SMILES string of the molecule is C[C@@H]1CCN(c2ncc(C(=O)Nc3ccc(OC(F)(F)F)cc3)cc2-c2cncc(Cl)c2)C1. The van der Waals surface area contributed by atoms with Crippen LogP contribution in [0.4, 0.5) is 24.7 Å². The number of benzene rings is 1. The van der Waals surface area contributed by atoms with Crippen molar-refractivity contribution in [3.63, 3.8) is 0 Å². The fourth-order valence-electron chi connectivity index (χ4n) is 3.68. The van der Waals surface area contributed by atoms with Gasteiger partial charge in [-0.3, -0.25) is 9.78 Å². The standard InChI is InChI=1S/C23H20ClF3N4O2/c1-14-6-7-31(13-14)21-20(15-8-17(24)12-28-10-15)9-16(11-29-21)22(32)30-18-2-4-19(5-3-18)33-23(25,26)27/h2-5,8-12,14H,6-7,13H2,1H3,(H,30,32)/t14-/m1/s1. The molecular weight excluding hydrogens is 457 g/mol. The number of pyridine rings is 2. The molecule has 172 valence electrons. The van der Waals surface area contributed by atoms with Gasteiger partial charge in [-0.25, -0.2) is 4.98 Å². The molecule has 0 radical (unpaired) electrons. The van der Waals surface area contributed by atoms with Crippen molar-refractivity contribution < 1.29 is 22.7 Å². The average Bonchev–Trinajstić information content (AvgIpc) is 3.20. The third-order valence-corrected chi connectivity index (χ3v) is 5.42. The molecule has 1 saturated heterocycles. The van der Waals surface area contributed by atoms with Crippen LogP contribution in [0.1, 0.15) is 23.7 Å². The molecule has 0 saturated carbocycles. The van der Waals surface area contributed by atoms with Gasteiger partial charge in [0.25, 0.3) is 5.91 Å². The zero-order valence-electron chi connectivity index (χ0n) is 17.6. The molecule has 6 nitrogen and oxygen atoms in total. The summed E-state index contributed by atoms with van der Waals surface area (Å²) in [6.45, 7) is 3.88. The fraction of sp³-hybridized carbons (Fsp3) is 0.261. The fourth-order valence-corrected chi connectivity index (χ4v) is 3.85. The molecule has 1 fully saturated rings. The Hall–Kier alpha value is -3.33. The maximum Gasteiger partial charge on any atom is 0.573 e. The van der Waals surface area contributed by atoms with E-state index in [2.05, 4.69) is 31.8 Å². The number of ether oxygens (including phenoxy) is 1. The van der Waals surface area contributed by atoms with Crippen molar-refractivity contribution in [3.8, 4) is 16.9 Å². The van der Waals surface area contributed by atoms with Gasteiger partial charge in [-0.05, 0) is 48.7 Å². The highest BCUT2D eigenvalue weighted by Crippen LogP contribution is 2.34. The Kier molecular flexibility index (Phi) is 6.42. The third-order valence-electron chi connectivity index (χ3n) is 5.21. The number of carbonyl (C=O) groups excluding carboxylic acids is 1. The Balaban J connectivity index is 1.60. The van der Waals surface area contributed by atoms with E-state index in [1.807, 2.05) is 0 Å². The second-order valence-electron chi connectivity index (χ2n) is 7.85. The van der Waals surface area contributed by atoms with E-state index < -0.39 is 12.3 Å². The predicted molar refractivity (Wildman–Crippen MR) is 120 cm³/mol. The van der Waals surface area contributed by atoms with Crippen molar-refractivity contribution >= 4 is 29.0 Å². The number of carbonyl (C=O) groups is 1. The lowest BCUT2D eigenvalue weighted by molar-refractivity contribution is -0.274. The van der Waals surface area contributed by atoms with Crippen LogP contribution in [-0.4, -0.2) is 35.3 Å². The Morgan fingerprint density at radius 1 is 1.18 bits per heavy atom. The van der Waals surface area contributed by atoms with Crippen LogP contribution < -0.4 is 15.0 Å². The molecule has 1 amide bonds. The molecule has 3 aromatic rings. The Morgan fingerprint density at radius 3 is 2.58 bits per heavy atom. The first kappa shape index (κ1) is 22.8. The molecule has 10 heteroatoms. The van der Waals surface area contributed by atoms with E-state index in [4.69, 9.17) is 11.6 Å². The largest absolute Gasteiger partial charge is 0.573 e. The molecule has 1 atom stereocenters. The second-order valence-corrected chi connectivity index (χ2v) is 8.29. The van der Waals surface area contributed by atoms with Crippen LogP contribution in [0, 0.1) is 5.92 Å². The molecule has 1 aliphatic heterocycles. The molecule has 3 heterocycles. The van der Waals surface area contributed by atoms with E-state index in [0.717, 1.165) is 48.6 Å². The van der Waals surface area contributed by atoms with Crippen LogP contribution in [-0.2, 0) is 0 Å². The summed E-state index contributed by atoms with van der Waals surface area (Å²) in [5.41, 5.74) is 2.06. The number of halogens is 4. The van der Waals surface area contributed by atoms with Crippen molar-refractivity contribution in [2.75, 3.05) is 23.3 Å². The number of aromatic nitrogens is 2. The molecule has 1 aromatic carbocycles. The summed E-state index contributed by atoms with van der Waals surface area (Å²) in [5, 5.41) is 3.13. The first-order valence-electron chi connectivity index (χ1n) is 10.2. The normalized spacial score (nSPS) is 16.0. The van der Waals surface area contributed by atoms with E-state index in [-0.39, 0.29) is 11.3 Å². The first-order chi connectivity index (χ1) is 15.7. The van der Waals surface area contributed by atoms with Crippen molar-refractivity contribution in [2.24, 2.45) is 5.92 Å². The number of anilines is 2. The molecular formula is C23H20ClF3N4O2. The zero-order chi connectivity index (χ0) is 23.6. The smallest absolute Gasteiger partial charge is 0.406 e. The minimum Gasteiger partial charge on any atom is -0.406 e. The average molecular weight is 477 g/mol. The third kappa shape index (κ3) is 5.73. The summed E-state index contributed by atoms with van der Waals surface area (Å²) >= 11 is 6.14. The van der Waals surface area contributed by atoms with Gasteiger partial charge in [0.15, 0.2) is 0 Å². The lowest BCUT2D eigenvalue weighted by Gasteiger charge is -2.21. The van der Waals surface area contributed by atoms with Crippen LogP contribution in [0.5, 0.6) is 5.75 Å². The topological polar surface area (TPSA) is 67.4 Å². The van der Waals surface area contributed by atoms with Gasteiger partial charge in [0.1, 0.15) is 11.6 Å². The highest BCUT2D eigenvalue weighted by atomic mass is 35.5. The van der Waals surface area contributed by atoms with Gasteiger partial charge in [-0.2, -0.15) is 0 Å². The molecule has 2 aromatic heterocycles. The quantitative estimate of drug-likeness (QED) is 0.504. The van der Waals surface area contributed by atoms with Crippen molar-refractivity contribution in [1.82, 2.24) is 9.97 Å². The van der Waals surface area contributed by atoms with Crippen LogP contribution in [0.3, 0.4) is 0 Å². The molecule has 4 rings (SSSR count). The maximum absolute atomic E-state index is 12.8. The van der Waals surface area contributed by atoms with Gasteiger partial charge in [0, 0.05) is 48.5 Å². The van der Waals surface area contributed by atoms with Gasteiger partial charge in [-0.1, -0.05) is 18.5 Å². The highest BCUT2D eigenvalue weighted by Gasteiger charge is 2.31. The number of amides is 1. The second kappa shape index (κ2) is 9.27. The lowest BCUT2D eigenvalue weighted by Crippen LogP contribution is -2.22. The summed E-state index contributed by atoms with van der Waals surface area (Å²) in [6.07, 6.45) is 0.935.